The molecule has 1 spiro atoms. The largest absolute Gasteiger partial charge is 0.331 e. The van der Waals surface area contributed by atoms with E-state index in [-0.39, 0.29) is 23.3 Å². The minimum Gasteiger partial charge on any atom is -0.277 e. The summed E-state index contributed by atoms with van der Waals surface area (Å²) in [5.74, 6) is -0.618. The molecule has 0 radical (unpaired) electrons. The predicted molar refractivity (Wildman–Crippen MR) is 72.7 cm³/mol. The molecule has 0 aromatic rings. The van der Waals surface area contributed by atoms with Gasteiger partial charge in [-0.15, -0.1) is 0 Å². The van der Waals surface area contributed by atoms with Crippen LogP contribution in [-0.2, 0) is 9.59 Å². The van der Waals surface area contributed by atoms with Crippen LogP contribution < -0.4 is 5.32 Å². The van der Waals surface area contributed by atoms with E-state index in [2.05, 4.69) is 19.2 Å². The zero-order chi connectivity index (χ0) is 14.5. The van der Waals surface area contributed by atoms with Crippen molar-refractivity contribution in [1.29, 1.82) is 0 Å². The third-order valence-electron chi connectivity index (χ3n) is 5.23. The van der Waals surface area contributed by atoms with Crippen molar-refractivity contribution in [2.75, 3.05) is 0 Å². The summed E-state index contributed by atoms with van der Waals surface area (Å²) in [6, 6.07) is -0.575. The summed E-state index contributed by atoms with van der Waals surface area (Å²) in [5.41, 5.74) is -0.998. The Morgan fingerprint density at radius 2 is 1.60 bits per heavy atom. The number of rotatable bonds is 1. The van der Waals surface area contributed by atoms with E-state index in [9.17, 15) is 14.4 Å². The summed E-state index contributed by atoms with van der Waals surface area (Å²) in [6.07, 6.45) is 5.88. The Kier molecular flexibility index (Phi) is 2.92. The van der Waals surface area contributed by atoms with Crippen LogP contribution in [0.3, 0.4) is 0 Å². The van der Waals surface area contributed by atoms with Crippen molar-refractivity contribution in [2.24, 2.45) is 10.8 Å². The Hall–Kier alpha value is -1.39. The number of nitrogens with zero attached hydrogens (tertiary/aromatic N) is 1. The van der Waals surface area contributed by atoms with E-state index in [1.54, 1.807) is 0 Å². The lowest BCUT2D eigenvalue weighted by Crippen LogP contribution is -2.64. The average molecular weight is 278 g/mol. The number of nitrogens with one attached hydrogen (secondary N) is 1. The third-order valence-corrected chi connectivity index (χ3v) is 5.23. The molecular weight excluding hydrogens is 256 g/mol. The number of carbonyl (C=O) groups excluding carboxylic acids is 3. The second kappa shape index (κ2) is 4.30. The number of hydrogen-bond acceptors (Lipinski definition) is 3. The standard InChI is InChI=1S/C15H22N2O3/c1-14(2)9-10(14)17-12(19)15(11(18)16-13(17)20)7-5-3-4-6-8-15/h10H,3-9H2,1-2H3,(H,16,18,20). The number of barbiturate groups is 1. The molecule has 3 aliphatic rings. The maximum Gasteiger partial charge on any atom is 0.331 e. The molecule has 3 fully saturated rings. The van der Waals surface area contributed by atoms with Crippen LogP contribution >= 0.6 is 0 Å². The molecule has 4 amide bonds. The van der Waals surface area contributed by atoms with Gasteiger partial charge in [-0.25, -0.2) is 4.79 Å². The Morgan fingerprint density at radius 3 is 2.10 bits per heavy atom. The minimum absolute atomic E-state index is 0.0146. The monoisotopic (exact) mass is 278 g/mol. The Morgan fingerprint density at radius 1 is 1.05 bits per heavy atom. The average Bonchev–Trinajstić information content (AvgIpc) is 3.05. The van der Waals surface area contributed by atoms with Gasteiger partial charge in [0.25, 0.3) is 0 Å². The first kappa shape index (κ1) is 13.6. The van der Waals surface area contributed by atoms with Crippen LogP contribution in [0.5, 0.6) is 0 Å². The number of hydrogen-bond donors (Lipinski definition) is 1. The first-order valence-corrected chi connectivity index (χ1v) is 7.58. The fraction of sp³-hybridized carbons (Fsp3) is 0.800. The molecule has 110 valence electrons. The molecule has 1 atom stereocenters. The number of imide groups is 2. The van der Waals surface area contributed by atoms with Crippen molar-refractivity contribution in [3.8, 4) is 0 Å². The van der Waals surface area contributed by atoms with E-state index in [1.807, 2.05) is 0 Å². The van der Waals surface area contributed by atoms with E-state index in [1.165, 1.54) is 4.90 Å². The van der Waals surface area contributed by atoms with Crippen LogP contribution in [-0.4, -0.2) is 28.8 Å². The fourth-order valence-corrected chi connectivity index (χ4v) is 3.63. The second-order valence-corrected chi connectivity index (χ2v) is 7.14. The molecule has 1 unspecified atom stereocenters. The molecule has 20 heavy (non-hydrogen) atoms. The van der Waals surface area contributed by atoms with Crippen molar-refractivity contribution < 1.29 is 14.4 Å². The molecule has 5 nitrogen and oxygen atoms in total. The molecule has 3 rings (SSSR count). The summed E-state index contributed by atoms with van der Waals surface area (Å²) in [5, 5.41) is 2.43. The minimum atomic E-state index is -0.983. The highest BCUT2D eigenvalue weighted by Gasteiger charge is 2.61. The molecule has 0 bridgehead atoms. The van der Waals surface area contributed by atoms with Crippen molar-refractivity contribution in [3.05, 3.63) is 0 Å². The highest BCUT2D eigenvalue weighted by molar-refractivity contribution is 6.19. The van der Waals surface area contributed by atoms with E-state index < -0.39 is 11.4 Å². The molecule has 2 aliphatic carbocycles. The van der Waals surface area contributed by atoms with Gasteiger partial charge in [0, 0.05) is 6.04 Å². The fourth-order valence-electron chi connectivity index (χ4n) is 3.63. The van der Waals surface area contributed by atoms with Gasteiger partial charge in [-0.3, -0.25) is 19.8 Å². The van der Waals surface area contributed by atoms with Gasteiger partial charge in [-0.05, 0) is 24.7 Å². The summed E-state index contributed by atoms with van der Waals surface area (Å²) in [7, 11) is 0. The third kappa shape index (κ3) is 1.86. The lowest BCUT2D eigenvalue weighted by atomic mass is 9.76. The molecule has 1 saturated heterocycles. The van der Waals surface area contributed by atoms with E-state index >= 15 is 0 Å². The van der Waals surface area contributed by atoms with Crippen molar-refractivity contribution in [1.82, 2.24) is 10.2 Å². The van der Waals surface area contributed by atoms with Crippen LogP contribution in [0, 0.1) is 10.8 Å². The first-order valence-electron chi connectivity index (χ1n) is 7.58. The number of carbonyl (C=O) groups is 3. The lowest BCUT2D eigenvalue weighted by Gasteiger charge is -2.39. The Bertz CT molecular complexity index is 476. The highest BCUT2D eigenvalue weighted by Crippen LogP contribution is 2.51. The van der Waals surface area contributed by atoms with Crippen molar-refractivity contribution >= 4 is 17.8 Å². The Labute approximate surface area is 119 Å². The molecule has 2 saturated carbocycles. The normalized spacial score (nSPS) is 32.0. The van der Waals surface area contributed by atoms with Crippen molar-refractivity contribution in [3.63, 3.8) is 0 Å². The van der Waals surface area contributed by atoms with E-state index in [0.717, 1.165) is 32.1 Å². The van der Waals surface area contributed by atoms with Crippen LogP contribution in [0.25, 0.3) is 0 Å². The maximum atomic E-state index is 12.9. The molecule has 0 aromatic carbocycles. The molecule has 0 aromatic heterocycles. The van der Waals surface area contributed by atoms with Crippen LogP contribution in [0.2, 0.25) is 0 Å². The zero-order valence-electron chi connectivity index (χ0n) is 12.2. The zero-order valence-corrected chi connectivity index (χ0v) is 12.2. The van der Waals surface area contributed by atoms with E-state index in [0.29, 0.717) is 12.8 Å². The van der Waals surface area contributed by atoms with Gasteiger partial charge in [0.1, 0.15) is 5.41 Å². The molecule has 5 heteroatoms. The molecular formula is C15H22N2O3. The van der Waals surface area contributed by atoms with Gasteiger partial charge < -0.3 is 0 Å². The predicted octanol–water partition coefficient (Wildman–Crippen LogP) is 2.20. The summed E-state index contributed by atoms with van der Waals surface area (Å²) >= 11 is 0. The summed E-state index contributed by atoms with van der Waals surface area (Å²) < 4.78 is 0. The second-order valence-electron chi connectivity index (χ2n) is 7.14. The van der Waals surface area contributed by atoms with Crippen LogP contribution in [0.1, 0.15) is 58.8 Å². The number of urea groups is 1. The van der Waals surface area contributed by atoms with Gasteiger partial charge in [0.2, 0.25) is 11.8 Å². The van der Waals surface area contributed by atoms with Gasteiger partial charge in [0.05, 0.1) is 0 Å². The van der Waals surface area contributed by atoms with E-state index in [4.69, 9.17) is 0 Å². The first-order chi connectivity index (χ1) is 9.38. The Balaban J connectivity index is 1.92. The van der Waals surface area contributed by atoms with Gasteiger partial charge in [-0.1, -0.05) is 39.5 Å². The lowest BCUT2D eigenvalue weighted by molar-refractivity contribution is -0.153. The van der Waals surface area contributed by atoms with Crippen LogP contribution in [0.4, 0.5) is 4.79 Å². The molecule has 1 heterocycles. The highest BCUT2D eigenvalue weighted by atomic mass is 16.2. The van der Waals surface area contributed by atoms with Crippen LogP contribution in [0.15, 0.2) is 0 Å². The molecule has 1 aliphatic heterocycles. The summed E-state index contributed by atoms with van der Waals surface area (Å²) in [4.78, 5) is 38.6. The SMILES string of the molecule is CC1(C)CC1N1C(=O)NC(=O)C2(CCCCCC2)C1=O. The topological polar surface area (TPSA) is 66.5 Å². The number of amides is 4. The summed E-state index contributed by atoms with van der Waals surface area (Å²) in [6.45, 7) is 4.10. The quantitative estimate of drug-likeness (QED) is 0.748. The van der Waals surface area contributed by atoms with Gasteiger partial charge >= 0.3 is 6.03 Å². The van der Waals surface area contributed by atoms with Crippen molar-refractivity contribution in [2.45, 2.75) is 64.8 Å². The van der Waals surface area contributed by atoms with Gasteiger partial charge in [-0.2, -0.15) is 0 Å². The van der Waals surface area contributed by atoms with Gasteiger partial charge in [0.15, 0.2) is 0 Å². The smallest absolute Gasteiger partial charge is 0.277 e. The maximum absolute atomic E-state index is 12.9. The molecule has 1 N–H and O–H groups in total.